The predicted molar refractivity (Wildman–Crippen MR) is 50.6 cm³/mol. The number of hydrogen-bond donors (Lipinski definition) is 2. The first-order valence-electron chi connectivity index (χ1n) is 3.41. The molecule has 0 saturated carbocycles. The summed E-state index contributed by atoms with van der Waals surface area (Å²) >= 11 is 1.37. The predicted octanol–water partition coefficient (Wildman–Crippen LogP) is 2.20. The van der Waals surface area contributed by atoms with Crippen LogP contribution in [0.3, 0.4) is 0 Å². The third kappa shape index (κ3) is 1.00. The van der Waals surface area contributed by atoms with Gasteiger partial charge in [-0.1, -0.05) is 0 Å². The number of nitrogen functional groups attached to an aromatic ring is 2. The first-order valence-corrected chi connectivity index (χ1v) is 4.22. The van der Waals surface area contributed by atoms with Gasteiger partial charge in [-0.05, 0) is 23.6 Å². The Balaban J connectivity index is 2.88. The fraction of sp³-hybridized carbons (Fsp3) is 0. The highest BCUT2D eigenvalue weighted by molar-refractivity contribution is 7.23. The maximum Gasteiger partial charge on any atom is 0.125 e. The van der Waals surface area contributed by atoms with Gasteiger partial charge in [-0.2, -0.15) is 0 Å². The number of hydrogen-bond acceptors (Lipinski definition) is 3. The minimum atomic E-state index is -0.321. The highest BCUT2D eigenvalue weighted by atomic mass is 32.1. The zero-order valence-electron chi connectivity index (χ0n) is 6.17. The molecule has 0 aliphatic rings. The number of rotatable bonds is 0. The summed E-state index contributed by atoms with van der Waals surface area (Å²) in [4.78, 5) is 0. The topological polar surface area (TPSA) is 52.0 Å². The smallest absolute Gasteiger partial charge is 0.125 e. The Morgan fingerprint density at radius 3 is 2.67 bits per heavy atom. The molecule has 4 heteroatoms. The van der Waals surface area contributed by atoms with Crippen LogP contribution in [0.1, 0.15) is 0 Å². The molecule has 2 nitrogen and oxygen atoms in total. The van der Waals surface area contributed by atoms with Gasteiger partial charge in [-0.3, -0.25) is 0 Å². The van der Waals surface area contributed by atoms with Crippen molar-refractivity contribution in [1.82, 2.24) is 0 Å². The van der Waals surface area contributed by atoms with E-state index in [0.717, 1.165) is 10.1 Å². The molecule has 0 saturated heterocycles. The lowest BCUT2D eigenvalue weighted by Crippen LogP contribution is -1.85. The molecule has 0 spiro atoms. The van der Waals surface area contributed by atoms with Crippen molar-refractivity contribution in [1.29, 1.82) is 0 Å². The molecule has 0 atom stereocenters. The molecule has 2 aromatic rings. The van der Waals surface area contributed by atoms with Crippen molar-refractivity contribution in [2.24, 2.45) is 0 Å². The SMILES string of the molecule is Nc1cc2cc(F)cc(N)c2s1. The van der Waals surface area contributed by atoms with E-state index in [1.807, 2.05) is 0 Å². The molecule has 0 aliphatic heterocycles. The normalized spacial score (nSPS) is 10.8. The molecule has 1 heterocycles. The summed E-state index contributed by atoms with van der Waals surface area (Å²) in [6.07, 6.45) is 0. The molecular formula is C8H7FN2S. The zero-order chi connectivity index (χ0) is 8.72. The second-order valence-electron chi connectivity index (χ2n) is 2.56. The molecule has 4 N–H and O–H groups in total. The first kappa shape index (κ1) is 7.36. The average molecular weight is 182 g/mol. The summed E-state index contributed by atoms with van der Waals surface area (Å²) < 4.78 is 13.6. The van der Waals surface area contributed by atoms with Gasteiger partial charge in [0.15, 0.2) is 0 Å². The standard InChI is InChI=1S/C8H7FN2S/c9-5-1-4-2-7(11)12-8(4)6(10)3-5/h1-3H,10-11H2. The zero-order valence-corrected chi connectivity index (χ0v) is 6.99. The number of nitrogens with two attached hydrogens (primary N) is 2. The lowest BCUT2D eigenvalue weighted by atomic mass is 10.2. The van der Waals surface area contributed by atoms with E-state index in [2.05, 4.69) is 0 Å². The Morgan fingerprint density at radius 2 is 1.92 bits per heavy atom. The molecule has 62 valence electrons. The first-order chi connectivity index (χ1) is 5.66. The molecular weight excluding hydrogens is 175 g/mol. The minimum Gasteiger partial charge on any atom is -0.397 e. The fourth-order valence-electron chi connectivity index (χ4n) is 1.16. The summed E-state index contributed by atoms with van der Waals surface area (Å²) in [7, 11) is 0. The van der Waals surface area contributed by atoms with Crippen LogP contribution in [0.5, 0.6) is 0 Å². The van der Waals surface area contributed by atoms with Crippen LogP contribution in [-0.2, 0) is 0 Å². The van der Waals surface area contributed by atoms with Crippen LogP contribution >= 0.6 is 11.3 Å². The van der Waals surface area contributed by atoms with Gasteiger partial charge >= 0.3 is 0 Å². The number of anilines is 2. The van der Waals surface area contributed by atoms with Crippen molar-refractivity contribution in [3.8, 4) is 0 Å². The molecule has 0 fully saturated rings. The van der Waals surface area contributed by atoms with Gasteiger partial charge < -0.3 is 11.5 Å². The van der Waals surface area contributed by atoms with Gasteiger partial charge in [0.2, 0.25) is 0 Å². The molecule has 0 bridgehead atoms. The van der Waals surface area contributed by atoms with Crippen LogP contribution in [0, 0.1) is 5.82 Å². The van der Waals surface area contributed by atoms with Crippen molar-refractivity contribution in [2.45, 2.75) is 0 Å². The van der Waals surface area contributed by atoms with Gasteiger partial charge in [0, 0.05) is 0 Å². The number of halogens is 1. The largest absolute Gasteiger partial charge is 0.397 e. The second-order valence-corrected chi connectivity index (χ2v) is 3.65. The van der Waals surface area contributed by atoms with E-state index in [-0.39, 0.29) is 5.82 Å². The van der Waals surface area contributed by atoms with Gasteiger partial charge in [-0.15, -0.1) is 11.3 Å². The Bertz CT molecular complexity index is 436. The van der Waals surface area contributed by atoms with Crippen molar-refractivity contribution in [2.75, 3.05) is 11.5 Å². The van der Waals surface area contributed by atoms with E-state index in [4.69, 9.17) is 11.5 Å². The Morgan fingerprint density at radius 1 is 1.17 bits per heavy atom. The average Bonchev–Trinajstić information content (AvgIpc) is 2.29. The van der Waals surface area contributed by atoms with Crippen molar-refractivity contribution in [3.05, 3.63) is 24.0 Å². The quantitative estimate of drug-likeness (QED) is 0.614. The van der Waals surface area contributed by atoms with E-state index in [1.54, 1.807) is 6.07 Å². The molecule has 2 rings (SSSR count). The van der Waals surface area contributed by atoms with Crippen LogP contribution < -0.4 is 11.5 Å². The van der Waals surface area contributed by atoms with Crippen LogP contribution in [0.15, 0.2) is 18.2 Å². The lowest BCUT2D eigenvalue weighted by Gasteiger charge is -1.94. The van der Waals surface area contributed by atoms with Gasteiger partial charge in [0.05, 0.1) is 15.4 Å². The van der Waals surface area contributed by atoms with Gasteiger partial charge in [0.25, 0.3) is 0 Å². The summed E-state index contributed by atoms with van der Waals surface area (Å²) in [6.45, 7) is 0. The van der Waals surface area contributed by atoms with Crippen molar-refractivity contribution < 1.29 is 4.39 Å². The molecule has 0 amide bonds. The van der Waals surface area contributed by atoms with Gasteiger partial charge in [-0.25, -0.2) is 4.39 Å². The van der Waals surface area contributed by atoms with E-state index in [1.165, 1.54) is 23.5 Å². The van der Waals surface area contributed by atoms with Crippen molar-refractivity contribution >= 4 is 32.1 Å². The third-order valence-electron chi connectivity index (χ3n) is 1.63. The maximum absolute atomic E-state index is 12.8. The monoisotopic (exact) mass is 182 g/mol. The highest BCUT2D eigenvalue weighted by Crippen LogP contribution is 2.32. The van der Waals surface area contributed by atoms with Crippen LogP contribution in [0.2, 0.25) is 0 Å². The van der Waals surface area contributed by atoms with Gasteiger partial charge in [0.1, 0.15) is 5.82 Å². The molecule has 1 aromatic carbocycles. The summed E-state index contributed by atoms with van der Waals surface area (Å²) in [5.74, 6) is -0.321. The molecule has 1 aromatic heterocycles. The number of fused-ring (bicyclic) bond motifs is 1. The van der Waals surface area contributed by atoms with Crippen LogP contribution in [0.25, 0.3) is 10.1 Å². The molecule has 0 unspecified atom stereocenters. The van der Waals surface area contributed by atoms with E-state index in [0.29, 0.717) is 10.7 Å². The summed E-state index contributed by atoms with van der Waals surface area (Å²) in [5.41, 5.74) is 11.6. The van der Waals surface area contributed by atoms with Crippen LogP contribution in [-0.4, -0.2) is 0 Å². The Kier molecular flexibility index (Phi) is 1.44. The van der Waals surface area contributed by atoms with E-state index < -0.39 is 0 Å². The second kappa shape index (κ2) is 2.35. The van der Waals surface area contributed by atoms with Crippen LogP contribution in [0.4, 0.5) is 15.1 Å². The highest BCUT2D eigenvalue weighted by Gasteiger charge is 2.04. The summed E-state index contributed by atoms with van der Waals surface area (Å²) in [5, 5.41) is 1.43. The molecule has 0 radical (unpaired) electrons. The third-order valence-corrected chi connectivity index (χ3v) is 2.66. The fourth-order valence-corrected chi connectivity index (χ4v) is 2.00. The molecule has 12 heavy (non-hydrogen) atoms. The lowest BCUT2D eigenvalue weighted by molar-refractivity contribution is 0.630. The minimum absolute atomic E-state index is 0.321. The number of benzene rings is 1. The van der Waals surface area contributed by atoms with E-state index >= 15 is 0 Å². The Hall–Kier alpha value is -1.29. The Labute approximate surface area is 72.6 Å². The molecule has 0 aliphatic carbocycles. The number of thiophene rings is 1. The van der Waals surface area contributed by atoms with E-state index in [9.17, 15) is 4.39 Å². The van der Waals surface area contributed by atoms with Crippen molar-refractivity contribution in [3.63, 3.8) is 0 Å². The maximum atomic E-state index is 12.8. The summed E-state index contributed by atoms with van der Waals surface area (Å²) in [6, 6.07) is 4.45.